The van der Waals surface area contributed by atoms with Gasteiger partial charge in [-0.05, 0) is 6.92 Å². The Bertz CT molecular complexity index is 203. The summed E-state index contributed by atoms with van der Waals surface area (Å²) in [5.41, 5.74) is 1.86. The summed E-state index contributed by atoms with van der Waals surface area (Å²) in [4.78, 5) is 0. The molecule has 0 spiro atoms. The maximum Gasteiger partial charge on any atom is 0 e. The predicted molar refractivity (Wildman–Crippen MR) is 54.8 cm³/mol. The first-order valence-electron chi connectivity index (χ1n) is 4.90. The van der Waals surface area contributed by atoms with Crippen LogP contribution in [0.15, 0.2) is 11.6 Å². The second-order valence-corrected chi connectivity index (χ2v) is 4.81. The first-order chi connectivity index (χ1) is 5.37. The van der Waals surface area contributed by atoms with Gasteiger partial charge < -0.3 is 5.92 Å². The fourth-order valence-electron chi connectivity index (χ4n) is 2.02. The SMILES string of the molecule is CC1=CC(C)C(C)[C-](C)C1(C)C.[U]. The Morgan fingerprint density at radius 3 is 2.23 bits per heavy atom. The molecule has 13 heavy (non-hydrogen) atoms. The largest absolute Gasteiger partial charge is 0.304 e. The second kappa shape index (κ2) is 4.54. The average molecular weight is 403 g/mol. The van der Waals surface area contributed by atoms with Crippen LogP contribution in [-0.4, -0.2) is 0 Å². The third-order valence-electron chi connectivity index (χ3n) is 3.96. The van der Waals surface area contributed by atoms with E-state index in [0.717, 1.165) is 11.8 Å². The summed E-state index contributed by atoms with van der Waals surface area (Å²) < 4.78 is 0. The van der Waals surface area contributed by atoms with Crippen LogP contribution in [0, 0.1) is 54.3 Å². The van der Waals surface area contributed by atoms with Gasteiger partial charge in [-0.3, -0.25) is 0 Å². The van der Waals surface area contributed by atoms with Crippen LogP contribution in [0.3, 0.4) is 0 Å². The van der Waals surface area contributed by atoms with Crippen LogP contribution in [0.25, 0.3) is 0 Å². The number of hydrogen-bond acceptors (Lipinski definition) is 0. The molecule has 1 aliphatic carbocycles. The van der Waals surface area contributed by atoms with E-state index in [9.17, 15) is 0 Å². The smallest absolute Gasteiger partial charge is 0 e. The van der Waals surface area contributed by atoms with Crippen LogP contribution in [0.4, 0.5) is 0 Å². The third kappa shape index (κ3) is 2.42. The van der Waals surface area contributed by atoms with Crippen molar-refractivity contribution in [3.8, 4) is 0 Å². The molecule has 0 saturated heterocycles. The molecular weight excluding hydrogens is 382 g/mol. The van der Waals surface area contributed by atoms with Crippen molar-refractivity contribution in [3.05, 3.63) is 17.6 Å². The van der Waals surface area contributed by atoms with Gasteiger partial charge in [0.05, 0.1) is 0 Å². The van der Waals surface area contributed by atoms with Gasteiger partial charge in [-0.15, -0.1) is 11.0 Å². The van der Waals surface area contributed by atoms with E-state index in [0.29, 0.717) is 5.41 Å². The molecule has 2 unspecified atom stereocenters. The Kier molecular flexibility index (Phi) is 4.82. The van der Waals surface area contributed by atoms with Gasteiger partial charge in [0.15, 0.2) is 0 Å². The molecule has 0 aromatic heterocycles. The summed E-state index contributed by atoms with van der Waals surface area (Å²) in [6.07, 6.45) is 2.43. The molecule has 74 valence electrons. The van der Waals surface area contributed by atoms with Crippen molar-refractivity contribution in [2.45, 2.75) is 41.5 Å². The van der Waals surface area contributed by atoms with Crippen molar-refractivity contribution in [2.24, 2.45) is 17.3 Å². The minimum atomic E-state index is 0. The van der Waals surface area contributed by atoms with E-state index < -0.39 is 0 Å². The zero-order chi connectivity index (χ0) is 9.52. The summed E-state index contributed by atoms with van der Waals surface area (Å²) in [5, 5.41) is 0. The fraction of sp³-hybridized carbons (Fsp3) is 0.750. The minimum absolute atomic E-state index is 0. The zero-order valence-corrected chi connectivity index (χ0v) is 13.9. The zero-order valence-electron chi connectivity index (χ0n) is 9.73. The average Bonchev–Trinajstić information content (AvgIpc) is 1.99. The molecule has 1 rings (SSSR count). The fourth-order valence-corrected chi connectivity index (χ4v) is 2.02. The molecule has 0 aromatic rings. The van der Waals surface area contributed by atoms with Gasteiger partial charge >= 0.3 is 0 Å². The molecule has 0 amide bonds. The molecule has 0 aliphatic heterocycles. The first-order valence-corrected chi connectivity index (χ1v) is 4.90. The molecule has 0 fully saturated rings. The minimum Gasteiger partial charge on any atom is -0.304 e. The summed E-state index contributed by atoms with van der Waals surface area (Å²) in [6.45, 7) is 13.9. The van der Waals surface area contributed by atoms with Crippen LogP contribution in [-0.2, 0) is 0 Å². The van der Waals surface area contributed by atoms with Gasteiger partial charge in [0.2, 0.25) is 0 Å². The molecule has 2 atom stereocenters. The van der Waals surface area contributed by atoms with Crippen LogP contribution in [0.5, 0.6) is 0 Å². The van der Waals surface area contributed by atoms with Crippen molar-refractivity contribution in [1.82, 2.24) is 0 Å². The number of allylic oxidation sites excluding steroid dienone is 2. The molecule has 0 bridgehead atoms. The van der Waals surface area contributed by atoms with Gasteiger partial charge in [0, 0.05) is 31.1 Å². The Hall–Kier alpha value is 0.792. The van der Waals surface area contributed by atoms with Crippen molar-refractivity contribution in [1.29, 1.82) is 0 Å². The normalized spacial score (nSPS) is 33.5. The van der Waals surface area contributed by atoms with E-state index in [1.807, 2.05) is 0 Å². The second-order valence-electron chi connectivity index (χ2n) is 4.81. The van der Waals surface area contributed by atoms with Gasteiger partial charge in [-0.2, -0.15) is 12.8 Å². The van der Waals surface area contributed by atoms with Gasteiger partial charge in [-0.25, -0.2) is 0 Å². The van der Waals surface area contributed by atoms with Gasteiger partial charge in [-0.1, -0.05) is 39.7 Å². The maximum atomic E-state index is 2.43. The van der Waals surface area contributed by atoms with Crippen LogP contribution < -0.4 is 0 Å². The molecule has 1 heteroatoms. The Labute approximate surface area is 107 Å². The van der Waals surface area contributed by atoms with E-state index in [4.69, 9.17) is 0 Å². The molecule has 0 radical (unpaired) electrons. The molecule has 0 aromatic carbocycles. The van der Waals surface area contributed by atoms with E-state index in [2.05, 4.69) is 47.6 Å². The summed E-state index contributed by atoms with van der Waals surface area (Å²) in [5.74, 6) is 3.09. The van der Waals surface area contributed by atoms with E-state index >= 15 is 0 Å². The van der Waals surface area contributed by atoms with Crippen LogP contribution in [0.1, 0.15) is 41.5 Å². The quantitative estimate of drug-likeness (QED) is 0.426. The number of hydrogen-bond donors (Lipinski definition) is 0. The van der Waals surface area contributed by atoms with Crippen molar-refractivity contribution in [2.75, 3.05) is 0 Å². The molecule has 0 nitrogen and oxygen atoms in total. The van der Waals surface area contributed by atoms with E-state index in [1.54, 1.807) is 5.92 Å². The van der Waals surface area contributed by atoms with Crippen molar-refractivity contribution >= 4 is 0 Å². The Morgan fingerprint density at radius 2 is 1.77 bits per heavy atom. The molecule has 0 heterocycles. The summed E-state index contributed by atoms with van der Waals surface area (Å²) >= 11 is 0. The predicted octanol–water partition coefficient (Wildman–Crippen LogP) is 3.84. The number of rotatable bonds is 0. The summed E-state index contributed by atoms with van der Waals surface area (Å²) in [7, 11) is 0. The third-order valence-corrected chi connectivity index (χ3v) is 3.96. The van der Waals surface area contributed by atoms with Crippen molar-refractivity contribution in [3.63, 3.8) is 0 Å². The van der Waals surface area contributed by atoms with Gasteiger partial charge in [0.1, 0.15) is 0 Å². The summed E-state index contributed by atoms with van der Waals surface area (Å²) in [6, 6.07) is 0. The topological polar surface area (TPSA) is 0 Å². The molecule has 1 aliphatic rings. The Morgan fingerprint density at radius 1 is 1.31 bits per heavy atom. The van der Waals surface area contributed by atoms with E-state index in [-0.39, 0.29) is 31.1 Å². The molecule has 0 saturated carbocycles. The molecule has 0 N–H and O–H groups in total. The maximum absolute atomic E-state index is 2.43. The van der Waals surface area contributed by atoms with Crippen molar-refractivity contribution < 1.29 is 31.1 Å². The van der Waals surface area contributed by atoms with E-state index in [1.165, 1.54) is 5.57 Å². The standard InChI is InChI=1S/C12H21.U/c1-8-7-9(2)12(5,6)11(4)10(8)3;/h7-8,10H,1-6H3;/q-1;. The van der Waals surface area contributed by atoms with Gasteiger partial charge in [0.25, 0.3) is 0 Å². The monoisotopic (exact) mass is 403 g/mol. The first kappa shape index (κ1) is 13.8. The Balaban J connectivity index is 0.00000144. The van der Waals surface area contributed by atoms with Crippen LogP contribution in [0.2, 0.25) is 0 Å². The molecular formula is C12H21U-. The van der Waals surface area contributed by atoms with Crippen LogP contribution >= 0.6 is 0 Å².